The molecule has 2 aromatic heterocycles. The van der Waals surface area contributed by atoms with Gasteiger partial charge in [-0.05, 0) is 49.7 Å². The molecule has 1 N–H and O–H groups in total. The van der Waals surface area contributed by atoms with E-state index in [9.17, 15) is 4.79 Å². The standard InChI is InChI=1S/C14H20BrN5O/c1-5-19-7-6-12(18-19)8-16-14(21)11(4)20-10(3)13(15)9(2)17-20/h6-7,11H,5,8H2,1-4H3,(H,16,21). The zero-order valence-electron chi connectivity index (χ0n) is 12.7. The number of nitrogens with zero attached hydrogens (tertiary/aromatic N) is 4. The van der Waals surface area contributed by atoms with Crippen molar-refractivity contribution in [1.82, 2.24) is 24.9 Å². The molecule has 2 aromatic rings. The molecule has 0 spiro atoms. The lowest BCUT2D eigenvalue weighted by Crippen LogP contribution is -2.31. The minimum absolute atomic E-state index is 0.0702. The number of carbonyl (C=O) groups excluding carboxylic acids is 1. The zero-order chi connectivity index (χ0) is 15.6. The lowest BCUT2D eigenvalue weighted by molar-refractivity contribution is -0.124. The van der Waals surface area contributed by atoms with Gasteiger partial charge in [-0.3, -0.25) is 14.2 Å². The first-order valence-electron chi connectivity index (χ1n) is 6.95. The fourth-order valence-electron chi connectivity index (χ4n) is 2.13. The van der Waals surface area contributed by atoms with E-state index in [-0.39, 0.29) is 11.9 Å². The Balaban J connectivity index is 2.00. The van der Waals surface area contributed by atoms with Gasteiger partial charge in [0, 0.05) is 12.7 Å². The number of aromatic nitrogens is 4. The van der Waals surface area contributed by atoms with Crippen LogP contribution in [0.15, 0.2) is 16.7 Å². The predicted octanol–water partition coefficient (Wildman–Crippen LogP) is 2.36. The molecule has 0 radical (unpaired) electrons. The molecule has 6 nitrogen and oxygen atoms in total. The van der Waals surface area contributed by atoms with Crippen LogP contribution in [0.5, 0.6) is 0 Å². The number of amides is 1. The third-order valence-corrected chi connectivity index (χ3v) is 4.59. The average Bonchev–Trinajstić information content (AvgIpc) is 3.04. The van der Waals surface area contributed by atoms with E-state index in [1.54, 1.807) is 4.68 Å². The van der Waals surface area contributed by atoms with Gasteiger partial charge in [-0.1, -0.05) is 0 Å². The second-order valence-corrected chi connectivity index (χ2v) is 5.78. The number of rotatable bonds is 5. The van der Waals surface area contributed by atoms with Gasteiger partial charge in [-0.2, -0.15) is 10.2 Å². The molecule has 1 amide bonds. The summed E-state index contributed by atoms with van der Waals surface area (Å²) in [5, 5.41) is 11.6. The molecule has 0 saturated carbocycles. The van der Waals surface area contributed by atoms with Gasteiger partial charge < -0.3 is 5.32 Å². The molecule has 1 atom stereocenters. The Morgan fingerprint density at radius 2 is 2.14 bits per heavy atom. The second kappa shape index (κ2) is 6.43. The molecule has 0 aliphatic carbocycles. The molecule has 7 heteroatoms. The lowest BCUT2D eigenvalue weighted by atomic mass is 10.3. The molecule has 1 unspecified atom stereocenters. The number of hydrogen-bond donors (Lipinski definition) is 1. The summed E-state index contributed by atoms with van der Waals surface area (Å²) in [6.45, 7) is 8.97. The van der Waals surface area contributed by atoms with Crippen LogP contribution in [0.1, 0.15) is 37.0 Å². The Kier molecular flexibility index (Phi) is 4.82. The highest BCUT2D eigenvalue weighted by atomic mass is 79.9. The Morgan fingerprint density at radius 1 is 1.43 bits per heavy atom. The summed E-state index contributed by atoms with van der Waals surface area (Å²) in [7, 11) is 0. The van der Waals surface area contributed by atoms with E-state index in [1.807, 2.05) is 44.6 Å². The SMILES string of the molecule is CCn1ccc(CNC(=O)C(C)n2nc(C)c(Br)c2C)n1. The van der Waals surface area contributed by atoms with Crippen LogP contribution >= 0.6 is 15.9 Å². The Labute approximate surface area is 132 Å². The van der Waals surface area contributed by atoms with Gasteiger partial charge in [-0.15, -0.1) is 0 Å². The Hall–Kier alpha value is -1.63. The van der Waals surface area contributed by atoms with Crippen molar-refractivity contribution in [2.45, 2.75) is 46.8 Å². The maximum Gasteiger partial charge on any atom is 0.244 e. The summed E-state index contributed by atoms with van der Waals surface area (Å²) < 4.78 is 4.52. The Bertz CT molecular complexity index is 646. The molecule has 21 heavy (non-hydrogen) atoms. The van der Waals surface area contributed by atoms with Crippen molar-refractivity contribution in [2.75, 3.05) is 0 Å². The first-order chi connectivity index (χ1) is 9.93. The van der Waals surface area contributed by atoms with Gasteiger partial charge in [0.15, 0.2) is 0 Å². The van der Waals surface area contributed by atoms with Crippen LogP contribution in [0.2, 0.25) is 0 Å². The summed E-state index contributed by atoms with van der Waals surface area (Å²) in [4.78, 5) is 12.2. The van der Waals surface area contributed by atoms with Crippen molar-refractivity contribution in [3.63, 3.8) is 0 Å². The predicted molar refractivity (Wildman–Crippen MR) is 83.9 cm³/mol. The number of nitrogens with one attached hydrogen (secondary N) is 1. The number of aryl methyl sites for hydroxylation is 2. The van der Waals surface area contributed by atoms with Crippen LogP contribution in [0.3, 0.4) is 0 Å². The molecule has 0 saturated heterocycles. The van der Waals surface area contributed by atoms with Crippen molar-refractivity contribution in [2.24, 2.45) is 0 Å². The van der Waals surface area contributed by atoms with E-state index in [0.717, 1.165) is 28.1 Å². The second-order valence-electron chi connectivity index (χ2n) is 4.99. The minimum Gasteiger partial charge on any atom is -0.349 e. The third-order valence-electron chi connectivity index (χ3n) is 3.45. The van der Waals surface area contributed by atoms with Gasteiger partial charge in [0.05, 0.1) is 28.1 Å². The van der Waals surface area contributed by atoms with Crippen molar-refractivity contribution in [3.05, 3.63) is 33.8 Å². The number of hydrogen-bond acceptors (Lipinski definition) is 3. The van der Waals surface area contributed by atoms with Gasteiger partial charge in [0.2, 0.25) is 5.91 Å². The Morgan fingerprint density at radius 3 is 2.67 bits per heavy atom. The van der Waals surface area contributed by atoms with E-state index in [4.69, 9.17) is 0 Å². The highest BCUT2D eigenvalue weighted by Crippen LogP contribution is 2.22. The van der Waals surface area contributed by atoms with Crippen LogP contribution in [0.25, 0.3) is 0 Å². The molecule has 0 fully saturated rings. The van der Waals surface area contributed by atoms with Crippen LogP contribution in [-0.4, -0.2) is 25.5 Å². The van der Waals surface area contributed by atoms with Crippen molar-refractivity contribution >= 4 is 21.8 Å². The van der Waals surface area contributed by atoms with Gasteiger partial charge in [0.1, 0.15) is 6.04 Å². The van der Waals surface area contributed by atoms with Crippen LogP contribution in [0.4, 0.5) is 0 Å². The van der Waals surface area contributed by atoms with E-state index < -0.39 is 0 Å². The van der Waals surface area contributed by atoms with Crippen molar-refractivity contribution in [1.29, 1.82) is 0 Å². The number of carbonyl (C=O) groups is 1. The fraction of sp³-hybridized carbons (Fsp3) is 0.500. The summed E-state index contributed by atoms with van der Waals surface area (Å²) in [5.41, 5.74) is 2.69. The fourth-order valence-corrected chi connectivity index (χ4v) is 2.39. The summed E-state index contributed by atoms with van der Waals surface area (Å²) in [6.07, 6.45) is 1.91. The molecule has 0 aliphatic rings. The van der Waals surface area contributed by atoms with Crippen LogP contribution in [-0.2, 0) is 17.9 Å². The molecule has 0 aliphatic heterocycles. The lowest BCUT2D eigenvalue weighted by Gasteiger charge is -2.14. The van der Waals surface area contributed by atoms with Gasteiger partial charge in [0.25, 0.3) is 0 Å². The summed E-state index contributed by atoms with van der Waals surface area (Å²) in [5.74, 6) is -0.0702. The number of halogens is 1. The summed E-state index contributed by atoms with van der Waals surface area (Å²) in [6, 6.07) is 1.55. The average molecular weight is 354 g/mol. The highest BCUT2D eigenvalue weighted by Gasteiger charge is 2.20. The minimum atomic E-state index is -0.358. The topological polar surface area (TPSA) is 64.7 Å². The maximum atomic E-state index is 12.2. The zero-order valence-corrected chi connectivity index (χ0v) is 14.3. The quantitative estimate of drug-likeness (QED) is 0.897. The molecular formula is C14H20BrN5O. The first-order valence-corrected chi connectivity index (χ1v) is 7.74. The van der Waals surface area contributed by atoms with Crippen LogP contribution in [0, 0.1) is 13.8 Å². The van der Waals surface area contributed by atoms with E-state index >= 15 is 0 Å². The third kappa shape index (κ3) is 3.34. The molecular weight excluding hydrogens is 334 g/mol. The monoisotopic (exact) mass is 353 g/mol. The van der Waals surface area contributed by atoms with Gasteiger partial charge in [-0.25, -0.2) is 0 Å². The van der Waals surface area contributed by atoms with E-state index in [1.165, 1.54) is 0 Å². The highest BCUT2D eigenvalue weighted by molar-refractivity contribution is 9.10. The molecule has 2 rings (SSSR count). The summed E-state index contributed by atoms with van der Waals surface area (Å²) >= 11 is 3.48. The smallest absolute Gasteiger partial charge is 0.244 e. The largest absolute Gasteiger partial charge is 0.349 e. The molecule has 0 bridgehead atoms. The molecule has 2 heterocycles. The maximum absolute atomic E-state index is 12.2. The van der Waals surface area contributed by atoms with Gasteiger partial charge >= 0.3 is 0 Å². The molecule has 114 valence electrons. The van der Waals surface area contributed by atoms with Crippen LogP contribution < -0.4 is 5.32 Å². The molecule has 0 aromatic carbocycles. The van der Waals surface area contributed by atoms with Crippen molar-refractivity contribution < 1.29 is 4.79 Å². The van der Waals surface area contributed by atoms with Crippen molar-refractivity contribution in [3.8, 4) is 0 Å². The van der Waals surface area contributed by atoms with E-state index in [0.29, 0.717) is 6.54 Å². The normalized spacial score (nSPS) is 12.4. The first kappa shape index (κ1) is 15.8. The van der Waals surface area contributed by atoms with E-state index in [2.05, 4.69) is 31.4 Å².